The van der Waals surface area contributed by atoms with Crippen LogP contribution >= 0.6 is 0 Å². The number of aromatic nitrogens is 1. The number of nitrogens with zero attached hydrogens (tertiary/aromatic N) is 2. The molecule has 1 aromatic heterocycles. The van der Waals surface area contributed by atoms with Crippen LogP contribution in [0.1, 0.15) is 19.8 Å². The molecule has 0 saturated carbocycles. The van der Waals surface area contributed by atoms with Crippen molar-refractivity contribution in [2.75, 3.05) is 20.2 Å². The zero-order chi connectivity index (χ0) is 15.0. The number of carbonyl (C=O) groups is 2. The normalized spacial score (nSPS) is 10.1. The van der Waals surface area contributed by atoms with Crippen molar-refractivity contribution in [2.45, 2.75) is 26.3 Å². The highest BCUT2D eigenvalue weighted by Gasteiger charge is 2.13. The van der Waals surface area contributed by atoms with Crippen LogP contribution in [0, 0.1) is 0 Å². The lowest BCUT2D eigenvalue weighted by molar-refractivity contribution is -0.141. The van der Waals surface area contributed by atoms with E-state index in [0.29, 0.717) is 19.6 Å². The average Bonchev–Trinajstić information content (AvgIpc) is 2.46. The average molecular weight is 280 g/mol. The van der Waals surface area contributed by atoms with Crippen LogP contribution in [0.15, 0.2) is 29.2 Å². The van der Waals surface area contributed by atoms with Gasteiger partial charge < -0.3 is 14.2 Å². The van der Waals surface area contributed by atoms with Gasteiger partial charge >= 0.3 is 5.97 Å². The van der Waals surface area contributed by atoms with E-state index in [0.717, 1.165) is 0 Å². The Morgan fingerprint density at radius 2 is 2.05 bits per heavy atom. The van der Waals surface area contributed by atoms with Crippen molar-refractivity contribution in [3.05, 3.63) is 34.7 Å². The van der Waals surface area contributed by atoms with E-state index in [9.17, 15) is 14.4 Å². The Balaban J connectivity index is 2.49. The number of pyridine rings is 1. The number of carbonyl (C=O) groups excluding carboxylic acids is 2. The van der Waals surface area contributed by atoms with Crippen LogP contribution in [0.3, 0.4) is 0 Å². The molecule has 6 heteroatoms. The Hall–Kier alpha value is -2.11. The molecule has 0 saturated heterocycles. The van der Waals surface area contributed by atoms with Crippen molar-refractivity contribution >= 4 is 11.9 Å². The molecule has 110 valence electrons. The van der Waals surface area contributed by atoms with Gasteiger partial charge in [-0.15, -0.1) is 0 Å². The summed E-state index contributed by atoms with van der Waals surface area (Å²) < 4.78 is 6.04. The minimum atomic E-state index is -0.337. The lowest BCUT2D eigenvalue weighted by Crippen LogP contribution is -2.34. The molecular weight excluding hydrogens is 260 g/mol. The molecule has 0 N–H and O–H groups in total. The monoisotopic (exact) mass is 280 g/mol. The first-order valence-corrected chi connectivity index (χ1v) is 6.58. The summed E-state index contributed by atoms with van der Waals surface area (Å²) >= 11 is 0. The second-order valence-electron chi connectivity index (χ2n) is 4.28. The fourth-order valence-electron chi connectivity index (χ4n) is 1.81. The van der Waals surface area contributed by atoms with Gasteiger partial charge in [0, 0.05) is 38.3 Å². The molecule has 1 rings (SSSR count). The van der Waals surface area contributed by atoms with Crippen LogP contribution in [-0.2, 0) is 20.9 Å². The SMILES string of the molecule is CCN(CCC(=O)OC)C(=O)CCn1ccccc1=O. The van der Waals surface area contributed by atoms with Crippen LogP contribution in [-0.4, -0.2) is 41.5 Å². The first kappa shape index (κ1) is 15.9. The maximum atomic E-state index is 12.0. The number of hydrogen-bond donors (Lipinski definition) is 0. The standard InChI is InChI=1S/C14H20N2O4/c1-3-15(11-8-14(19)20-2)13(18)7-10-16-9-5-4-6-12(16)17/h4-6,9H,3,7-8,10-11H2,1-2H3. The highest BCUT2D eigenvalue weighted by Crippen LogP contribution is 1.99. The van der Waals surface area contributed by atoms with Gasteiger partial charge in [0.2, 0.25) is 5.91 Å². The van der Waals surface area contributed by atoms with Crippen molar-refractivity contribution in [1.29, 1.82) is 0 Å². The van der Waals surface area contributed by atoms with Crippen molar-refractivity contribution in [3.63, 3.8) is 0 Å². The van der Waals surface area contributed by atoms with E-state index < -0.39 is 0 Å². The number of ether oxygens (including phenoxy) is 1. The third kappa shape index (κ3) is 4.87. The molecule has 6 nitrogen and oxygen atoms in total. The van der Waals surface area contributed by atoms with E-state index in [1.165, 1.54) is 17.7 Å². The first-order valence-electron chi connectivity index (χ1n) is 6.58. The molecule has 0 atom stereocenters. The maximum Gasteiger partial charge on any atom is 0.307 e. The van der Waals surface area contributed by atoms with E-state index >= 15 is 0 Å². The number of aryl methyl sites for hydroxylation is 1. The van der Waals surface area contributed by atoms with Gasteiger partial charge in [0.25, 0.3) is 5.56 Å². The van der Waals surface area contributed by atoms with Crippen LogP contribution < -0.4 is 5.56 Å². The number of esters is 1. The lowest BCUT2D eigenvalue weighted by Gasteiger charge is -2.20. The fourth-order valence-corrected chi connectivity index (χ4v) is 1.81. The molecule has 0 aliphatic heterocycles. The second-order valence-corrected chi connectivity index (χ2v) is 4.28. The van der Waals surface area contributed by atoms with Gasteiger partial charge in [-0.2, -0.15) is 0 Å². The van der Waals surface area contributed by atoms with Gasteiger partial charge in [-0.3, -0.25) is 14.4 Å². The number of rotatable bonds is 7. The summed E-state index contributed by atoms with van der Waals surface area (Å²) in [6, 6.07) is 4.87. The van der Waals surface area contributed by atoms with E-state index in [1.54, 1.807) is 23.2 Å². The number of hydrogen-bond acceptors (Lipinski definition) is 4. The van der Waals surface area contributed by atoms with Crippen molar-refractivity contribution in [1.82, 2.24) is 9.47 Å². The molecule has 1 aromatic rings. The summed E-state index contributed by atoms with van der Waals surface area (Å²) in [7, 11) is 1.32. The van der Waals surface area contributed by atoms with Gasteiger partial charge in [-0.25, -0.2) is 0 Å². The molecule has 0 radical (unpaired) electrons. The Bertz CT molecular complexity index is 510. The fraction of sp³-hybridized carbons (Fsp3) is 0.500. The summed E-state index contributed by atoms with van der Waals surface area (Å²) in [4.78, 5) is 36.2. The molecule has 0 aliphatic carbocycles. The maximum absolute atomic E-state index is 12.0. The summed E-state index contributed by atoms with van der Waals surface area (Å²) in [5.74, 6) is -0.414. The van der Waals surface area contributed by atoms with Gasteiger partial charge in [-0.1, -0.05) is 6.07 Å². The summed E-state index contributed by atoms with van der Waals surface area (Å²) in [6.07, 6.45) is 2.07. The van der Waals surface area contributed by atoms with Gasteiger partial charge in [-0.05, 0) is 13.0 Å². The Labute approximate surface area is 118 Å². The topological polar surface area (TPSA) is 68.6 Å². The van der Waals surface area contributed by atoms with E-state index in [-0.39, 0.29) is 30.3 Å². The summed E-state index contributed by atoms with van der Waals surface area (Å²) in [5, 5.41) is 0. The molecule has 20 heavy (non-hydrogen) atoms. The zero-order valence-corrected chi connectivity index (χ0v) is 11.9. The van der Waals surface area contributed by atoms with Gasteiger partial charge in [0.1, 0.15) is 0 Å². The lowest BCUT2D eigenvalue weighted by atomic mass is 10.3. The van der Waals surface area contributed by atoms with Gasteiger partial charge in [0.15, 0.2) is 0 Å². The molecule has 0 spiro atoms. The summed E-state index contributed by atoms with van der Waals surface area (Å²) in [6.45, 7) is 3.06. The van der Waals surface area contributed by atoms with Crippen LogP contribution in [0.2, 0.25) is 0 Å². The molecule has 0 aliphatic rings. The highest BCUT2D eigenvalue weighted by molar-refractivity contribution is 5.77. The van der Waals surface area contributed by atoms with Gasteiger partial charge in [0.05, 0.1) is 13.5 Å². The molecular formula is C14H20N2O4. The highest BCUT2D eigenvalue weighted by atomic mass is 16.5. The molecule has 0 bridgehead atoms. The minimum Gasteiger partial charge on any atom is -0.469 e. The molecule has 1 heterocycles. The molecule has 0 unspecified atom stereocenters. The first-order chi connectivity index (χ1) is 9.58. The smallest absolute Gasteiger partial charge is 0.307 e. The quantitative estimate of drug-likeness (QED) is 0.688. The predicted octanol–water partition coefficient (Wildman–Crippen LogP) is 0.650. The predicted molar refractivity (Wildman–Crippen MR) is 74.2 cm³/mol. The van der Waals surface area contributed by atoms with Crippen LogP contribution in [0.25, 0.3) is 0 Å². The summed E-state index contributed by atoms with van der Waals surface area (Å²) in [5.41, 5.74) is -0.127. The zero-order valence-electron chi connectivity index (χ0n) is 11.9. The van der Waals surface area contributed by atoms with Crippen LogP contribution in [0.4, 0.5) is 0 Å². The Morgan fingerprint density at radius 1 is 1.30 bits per heavy atom. The molecule has 1 amide bonds. The van der Waals surface area contributed by atoms with Crippen molar-refractivity contribution < 1.29 is 14.3 Å². The minimum absolute atomic E-state index is 0.0767. The number of amides is 1. The Morgan fingerprint density at radius 3 is 2.65 bits per heavy atom. The third-order valence-electron chi connectivity index (χ3n) is 3.01. The second kappa shape index (κ2) is 8.14. The molecule has 0 aromatic carbocycles. The van der Waals surface area contributed by atoms with E-state index in [1.807, 2.05) is 6.92 Å². The van der Waals surface area contributed by atoms with Crippen LogP contribution in [0.5, 0.6) is 0 Å². The number of methoxy groups -OCH3 is 1. The third-order valence-corrected chi connectivity index (χ3v) is 3.01. The Kier molecular flexibility index (Phi) is 6.49. The van der Waals surface area contributed by atoms with Crippen molar-refractivity contribution in [3.8, 4) is 0 Å². The molecule has 0 fully saturated rings. The van der Waals surface area contributed by atoms with E-state index in [4.69, 9.17) is 0 Å². The largest absolute Gasteiger partial charge is 0.469 e. The van der Waals surface area contributed by atoms with Crippen molar-refractivity contribution in [2.24, 2.45) is 0 Å². The van der Waals surface area contributed by atoms with E-state index in [2.05, 4.69) is 4.74 Å².